The molecule has 0 radical (unpaired) electrons. The summed E-state index contributed by atoms with van der Waals surface area (Å²) in [7, 11) is -2.96. The predicted molar refractivity (Wildman–Crippen MR) is 133 cm³/mol. The zero-order valence-corrected chi connectivity index (χ0v) is 20.7. The molecule has 1 saturated heterocycles. The van der Waals surface area contributed by atoms with Gasteiger partial charge >= 0.3 is 16.1 Å². The summed E-state index contributed by atoms with van der Waals surface area (Å²) < 4.78 is 35.7. The Morgan fingerprint density at radius 2 is 1.67 bits per heavy atom. The van der Waals surface area contributed by atoms with Crippen LogP contribution in [0.25, 0.3) is 6.08 Å². The van der Waals surface area contributed by atoms with E-state index < -0.39 is 28.0 Å². The van der Waals surface area contributed by atoms with Crippen molar-refractivity contribution in [3.8, 4) is 11.5 Å². The van der Waals surface area contributed by atoms with E-state index in [1.54, 1.807) is 18.2 Å². The molecule has 4 rings (SSSR count). The van der Waals surface area contributed by atoms with E-state index >= 15 is 0 Å². The van der Waals surface area contributed by atoms with E-state index in [1.807, 2.05) is 0 Å². The van der Waals surface area contributed by atoms with Crippen LogP contribution in [0.3, 0.4) is 0 Å². The molecule has 0 aromatic heterocycles. The highest BCUT2D eigenvalue weighted by Gasteiger charge is 2.37. The first-order valence-corrected chi connectivity index (χ1v) is 12.3. The number of halogens is 2. The first-order chi connectivity index (χ1) is 17.1. The smallest absolute Gasteiger partial charge is 0.339 e. The van der Waals surface area contributed by atoms with E-state index in [4.69, 9.17) is 32.1 Å². The average Bonchev–Trinajstić information content (AvgIpc) is 2.83. The summed E-state index contributed by atoms with van der Waals surface area (Å²) >= 11 is 12.3. The molecule has 1 aliphatic rings. The number of anilines is 1. The number of carbonyl (C=O) groups is 3. The highest BCUT2D eigenvalue weighted by atomic mass is 35.5. The molecule has 0 spiro atoms. The van der Waals surface area contributed by atoms with E-state index in [2.05, 4.69) is 5.32 Å². The molecule has 1 N–H and O–H groups in total. The van der Waals surface area contributed by atoms with Crippen molar-refractivity contribution in [1.82, 2.24) is 5.32 Å². The second-order valence-electron chi connectivity index (χ2n) is 7.32. The summed E-state index contributed by atoms with van der Waals surface area (Å²) in [5, 5.41) is 2.22. The maximum Gasteiger partial charge on any atom is 0.339 e. The van der Waals surface area contributed by atoms with Crippen molar-refractivity contribution in [2.75, 3.05) is 12.0 Å². The molecule has 0 atom stereocenters. The molecule has 3 aromatic carbocycles. The molecule has 1 aliphatic heterocycles. The number of benzene rings is 3. The molecule has 1 fully saturated rings. The lowest BCUT2D eigenvalue weighted by molar-refractivity contribution is -0.122. The Kier molecular flexibility index (Phi) is 7.02. The molecule has 36 heavy (non-hydrogen) atoms. The lowest BCUT2D eigenvalue weighted by Gasteiger charge is -2.26. The molecule has 0 saturated carbocycles. The van der Waals surface area contributed by atoms with Crippen LogP contribution in [0.1, 0.15) is 5.56 Å². The summed E-state index contributed by atoms with van der Waals surface area (Å²) in [5.74, 6) is -2.17. The van der Waals surface area contributed by atoms with Crippen LogP contribution in [0, 0.1) is 0 Å². The number of amides is 4. The number of hydrogen-bond donors (Lipinski definition) is 1. The van der Waals surface area contributed by atoms with Gasteiger partial charge in [0.15, 0.2) is 5.75 Å². The van der Waals surface area contributed by atoms with Crippen LogP contribution in [0.15, 0.2) is 77.2 Å². The SMILES string of the molecule is COc1cc(/C=C2\C(=O)NC(=O)N(c3cccc(Cl)c3)C2=O)cc(Cl)c1OS(=O)(=O)c1ccccc1. The van der Waals surface area contributed by atoms with Gasteiger partial charge in [-0.1, -0.05) is 47.5 Å². The number of nitrogens with one attached hydrogen (secondary N) is 1. The third-order valence-corrected chi connectivity index (χ3v) is 6.71. The Bertz CT molecular complexity index is 1520. The van der Waals surface area contributed by atoms with Gasteiger partial charge in [0, 0.05) is 5.02 Å². The lowest BCUT2D eigenvalue weighted by atomic mass is 10.1. The maximum atomic E-state index is 13.1. The molecular formula is C24H16Cl2N2O7S. The summed E-state index contributed by atoms with van der Waals surface area (Å²) in [5.41, 5.74) is -0.00708. The number of hydrogen-bond acceptors (Lipinski definition) is 7. The fourth-order valence-corrected chi connectivity index (χ4v) is 4.79. The number of methoxy groups -OCH3 is 1. The Morgan fingerprint density at radius 3 is 2.33 bits per heavy atom. The van der Waals surface area contributed by atoms with Crippen molar-refractivity contribution in [3.63, 3.8) is 0 Å². The van der Waals surface area contributed by atoms with E-state index in [0.29, 0.717) is 0 Å². The molecule has 0 aliphatic carbocycles. The van der Waals surface area contributed by atoms with Gasteiger partial charge in [0.05, 0.1) is 17.8 Å². The maximum absolute atomic E-state index is 13.1. The number of rotatable bonds is 6. The Morgan fingerprint density at radius 1 is 0.944 bits per heavy atom. The van der Waals surface area contributed by atoms with E-state index in [-0.39, 0.29) is 43.3 Å². The van der Waals surface area contributed by atoms with Gasteiger partial charge in [0.2, 0.25) is 5.75 Å². The number of carbonyl (C=O) groups excluding carboxylic acids is 3. The fourth-order valence-electron chi connectivity index (χ4n) is 3.32. The first-order valence-electron chi connectivity index (χ1n) is 10.1. The molecule has 12 heteroatoms. The molecule has 1 heterocycles. The van der Waals surface area contributed by atoms with Crippen LogP contribution in [-0.4, -0.2) is 33.4 Å². The molecule has 9 nitrogen and oxygen atoms in total. The minimum atomic E-state index is -4.23. The second kappa shape index (κ2) is 10.0. The molecular weight excluding hydrogens is 531 g/mol. The molecule has 3 aromatic rings. The Hall–Kier alpha value is -3.86. The quantitative estimate of drug-likeness (QED) is 0.275. The first kappa shape index (κ1) is 25.2. The largest absolute Gasteiger partial charge is 0.493 e. The van der Waals surface area contributed by atoms with E-state index in [1.165, 1.54) is 61.7 Å². The van der Waals surface area contributed by atoms with Crippen LogP contribution < -0.4 is 19.1 Å². The molecule has 4 amide bonds. The van der Waals surface area contributed by atoms with Crippen LogP contribution in [-0.2, 0) is 19.7 Å². The van der Waals surface area contributed by atoms with E-state index in [0.717, 1.165) is 4.90 Å². The van der Waals surface area contributed by atoms with E-state index in [9.17, 15) is 22.8 Å². The average molecular weight is 547 g/mol. The molecule has 184 valence electrons. The predicted octanol–water partition coefficient (Wildman–Crippen LogP) is 4.44. The number of barbiturate groups is 1. The Balaban J connectivity index is 1.71. The summed E-state index contributed by atoms with van der Waals surface area (Å²) in [6.45, 7) is 0. The minimum Gasteiger partial charge on any atom is -0.493 e. The van der Waals surface area contributed by atoms with Gasteiger partial charge < -0.3 is 8.92 Å². The van der Waals surface area contributed by atoms with Crippen molar-refractivity contribution in [2.24, 2.45) is 0 Å². The van der Waals surface area contributed by atoms with Crippen LogP contribution in [0.2, 0.25) is 10.0 Å². The summed E-state index contributed by atoms with van der Waals surface area (Å²) in [6, 6.07) is 15.1. The monoisotopic (exact) mass is 546 g/mol. The van der Waals surface area contributed by atoms with Crippen molar-refractivity contribution >= 4 is 62.9 Å². The number of imide groups is 2. The Labute approximate surface area is 216 Å². The topological polar surface area (TPSA) is 119 Å². The lowest BCUT2D eigenvalue weighted by Crippen LogP contribution is -2.54. The van der Waals surface area contributed by atoms with Crippen molar-refractivity contribution < 1.29 is 31.7 Å². The highest BCUT2D eigenvalue weighted by molar-refractivity contribution is 7.87. The minimum absolute atomic E-state index is 0.0692. The normalized spacial score (nSPS) is 15.1. The van der Waals surface area contributed by atoms with Crippen LogP contribution >= 0.6 is 23.2 Å². The van der Waals surface area contributed by atoms with Crippen LogP contribution in [0.4, 0.5) is 10.5 Å². The fraction of sp³-hybridized carbons (Fsp3) is 0.0417. The standard InChI is InChI=1S/C24H16Cl2N2O7S/c1-34-20-12-14(11-19(26)21(20)35-36(32,33)17-8-3-2-4-9-17)10-18-22(29)27-24(31)28(23(18)30)16-7-5-6-15(25)13-16/h2-13H,1H3,(H,27,29,31)/b18-10+. The molecule has 0 bridgehead atoms. The van der Waals surface area contributed by atoms with Crippen molar-refractivity contribution in [2.45, 2.75) is 4.90 Å². The molecule has 0 unspecified atom stereocenters. The van der Waals surface area contributed by atoms with Gasteiger partial charge in [-0.3, -0.25) is 14.9 Å². The van der Waals surface area contributed by atoms with Crippen LogP contribution in [0.5, 0.6) is 11.5 Å². The zero-order chi connectivity index (χ0) is 26.0. The summed E-state index contributed by atoms with van der Waals surface area (Å²) in [6.07, 6.45) is 1.19. The van der Waals surface area contributed by atoms with Gasteiger partial charge in [-0.2, -0.15) is 8.42 Å². The number of ether oxygens (including phenoxy) is 1. The number of urea groups is 1. The van der Waals surface area contributed by atoms with Gasteiger partial charge in [0.25, 0.3) is 11.8 Å². The third-order valence-electron chi connectivity index (χ3n) is 4.96. The van der Waals surface area contributed by atoms with Gasteiger partial charge in [0.1, 0.15) is 10.5 Å². The summed E-state index contributed by atoms with van der Waals surface area (Å²) in [4.78, 5) is 38.6. The van der Waals surface area contributed by atoms with Gasteiger partial charge in [-0.15, -0.1) is 0 Å². The zero-order valence-electron chi connectivity index (χ0n) is 18.4. The highest BCUT2D eigenvalue weighted by Crippen LogP contribution is 2.39. The van der Waals surface area contributed by atoms with Crippen molar-refractivity contribution in [3.05, 3.63) is 87.9 Å². The van der Waals surface area contributed by atoms with Gasteiger partial charge in [-0.25, -0.2) is 9.69 Å². The number of nitrogens with zero attached hydrogens (tertiary/aromatic N) is 1. The third kappa shape index (κ3) is 5.06. The van der Waals surface area contributed by atoms with Gasteiger partial charge in [-0.05, 0) is 54.1 Å². The van der Waals surface area contributed by atoms with Crippen molar-refractivity contribution in [1.29, 1.82) is 0 Å². The second-order valence-corrected chi connectivity index (χ2v) is 9.71.